The van der Waals surface area contributed by atoms with Crippen LogP contribution in [0.1, 0.15) is 37.9 Å². The predicted octanol–water partition coefficient (Wildman–Crippen LogP) is 3.29. The van der Waals surface area contributed by atoms with Crippen molar-refractivity contribution in [3.63, 3.8) is 0 Å². The van der Waals surface area contributed by atoms with Crippen LogP contribution in [0.2, 0.25) is 0 Å². The molecule has 0 aliphatic carbocycles. The molecule has 1 unspecified atom stereocenters. The minimum Gasteiger partial charge on any atom is -0.494 e. The van der Waals surface area contributed by atoms with Crippen LogP contribution in [0.25, 0.3) is 11.4 Å². The molecule has 20 heavy (non-hydrogen) atoms. The lowest BCUT2D eigenvalue weighted by Crippen LogP contribution is -2.12. The molecule has 0 spiro atoms. The van der Waals surface area contributed by atoms with Gasteiger partial charge in [0.15, 0.2) is 0 Å². The highest BCUT2D eigenvalue weighted by atomic mass is 16.5. The van der Waals surface area contributed by atoms with E-state index < -0.39 is 0 Å². The number of hydrogen-bond acceptors (Lipinski definition) is 3. The Morgan fingerprint density at radius 3 is 2.85 bits per heavy atom. The van der Waals surface area contributed by atoms with Crippen molar-refractivity contribution in [3.05, 3.63) is 36.2 Å². The Labute approximate surface area is 119 Å². The summed E-state index contributed by atoms with van der Waals surface area (Å²) in [6, 6.07) is 8.54. The molecule has 3 rings (SSSR count). The Morgan fingerprint density at radius 2 is 2.15 bits per heavy atom. The van der Waals surface area contributed by atoms with Gasteiger partial charge in [-0.25, -0.2) is 4.98 Å². The summed E-state index contributed by atoms with van der Waals surface area (Å²) in [4.78, 5) is 7.91. The van der Waals surface area contributed by atoms with Gasteiger partial charge in [0.2, 0.25) is 0 Å². The average Bonchev–Trinajstić information content (AvgIpc) is 3.16. The highest BCUT2D eigenvalue weighted by molar-refractivity contribution is 5.56. The zero-order valence-corrected chi connectivity index (χ0v) is 11.9. The van der Waals surface area contributed by atoms with Crippen molar-refractivity contribution in [1.29, 1.82) is 0 Å². The highest BCUT2D eigenvalue weighted by Gasteiger charge is 2.18. The fourth-order valence-electron chi connectivity index (χ4n) is 2.54. The minimum atomic E-state index is 0.434. The molecule has 1 aromatic heterocycles. The normalized spacial score (nSPS) is 18.4. The zero-order chi connectivity index (χ0) is 13.8. The van der Waals surface area contributed by atoms with Crippen molar-refractivity contribution in [1.82, 2.24) is 15.3 Å². The number of H-pyrrole nitrogens is 1. The van der Waals surface area contributed by atoms with E-state index in [0.29, 0.717) is 6.04 Å². The van der Waals surface area contributed by atoms with E-state index in [9.17, 15) is 0 Å². The summed E-state index contributed by atoms with van der Waals surface area (Å²) in [5.41, 5.74) is 2.28. The first-order chi connectivity index (χ1) is 9.86. The van der Waals surface area contributed by atoms with E-state index in [-0.39, 0.29) is 0 Å². The van der Waals surface area contributed by atoms with Crippen LogP contribution in [0, 0.1) is 0 Å². The number of nitrogens with zero attached hydrogens (tertiary/aromatic N) is 1. The van der Waals surface area contributed by atoms with Crippen molar-refractivity contribution >= 4 is 0 Å². The van der Waals surface area contributed by atoms with Gasteiger partial charge in [0.25, 0.3) is 0 Å². The summed E-state index contributed by atoms with van der Waals surface area (Å²) in [5, 5.41) is 3.48. The number of ether oxygens (including phenoxy) is 1. The van der Waals surface area contributed by atoms with Gasteiger partial charge in [0.05, 0.1) is 18.5 Å². The van der Waals surface area contributed by atoms with Gasteiger partial charge in [0.1, 0.15) is 11.6 Å². The summed E-state index contributed by atoms with van der Waals surface area (Å²) in [6.45, 7) is 3.97. The van der Waals surface area contributed by atoms with Gasteiger partial charge in [-0.15, -0.1) is 0 Å². The second-order valence-electron chi connectivity index (χ2n) is 5.21. The van der Waals surface area contributed by atoms with Gasteiger partial charge in [-0.1, -0.05) is 6.92 Å². The number of nitrogens with one attached hydrogen (secondary N) is 2. The number of imidazole rings is 1. The highest BCUT2D eigenvalue weighted by Crippen LogP contribution is 2.25. The van der Waals surface area contributed by atoms with Crippen LogP contribution in [0.4, 0.5) is 0 Å². The SMILES string of the molecule is CCCOc1ccc(-c2ncc(C3CCCN3)[nH]2)cc1. The molecule has 0 amide bonds. The number of benzene rings is 1. The van der Waals surface area contributed by atoms with E-state index in [1.54, 1.807) is 0 Å². The number of hydrogen-bond donors (Lipinski definition) is 2. The first kappa shape index (κ1) is 13.2. The topological polar surface area (TPSA) is 49.9 Å². The van der Waals surface area contributed by atoms with Gasteiger partial charge < -0.3 is 15.0 Å². The average molecular weight is 271 g/mol. The second kappa shape index (κ2) is 6.09. The third-order valence-corrected chi connectivity index (χ3v) is 3.63. The standard InChI is InChI=1S/C16H21N3O/c1-2-10-20-13-7-5-12(6-8-13)16-18-11-15(19-16)14-4-3-9-17-14/h5-8,11,14,17H,2-4,9-10H2,1H3,(H,18,19). The molecule has 4 heteroatoms. The fraction of sp³-hybridized carbons (Fsp3) is 0.438. The molecule has 1 aliphatic rings. The van der Waals surface area contributed by atoms with E-state index in [1.807, 2.05) is 18.3 Å². The van der Waals surface area contributed by atoms with E-state index in [0.717, 1.165) is 36.7 Å². The van der Waals surface area contributed by atoms with E-state index in [2.05, 4.69) is 34.3 Å². The summed E-state index contributed by atoms with van der Waals surface area (Å²) < 4.78 is 5.59. The van der Waals surface area contributed by atoms with E-state index in [4.69, 9.17) is 4.74 Å². The maximum atomic E-state index is 5.59. The molecule has 2 N–H and O–H groups in total. The molecule has 1 fully saturated rings. The van der Waals surface area contributed by atoms with E-state index in [1.165, 1.54) is 18.5 Å². The first-order valence-corrected chi connectivity index (χ1v) is 7.38. The largest absolute Gasteiger partial charge is 0.494 e. The molecule has 0 bridgehead atoms. The Balaban J connectivity index is 1.72. The minimum absolute atomic E-state index is 0.434. The molecule has 2 heterocycles. The molecule has 1 atom stereocenters. The van der Waals surface area contributed by atoms with Crippen LogP contribution in [-0.4, -0.2) is 23.1 Å². The van der Waals surface area contributed by atoms with Crippen LogP contribution < -0.4 is 10.1 Å². The molecule has 0 saturated carbocycles. The maximum Gasteiger partial charge on any atom is 0.137 e. The van der Waals surface area contributed by atoms with Crippen LogP contribution in [0.15, 0.2) is 30.5 Å². The summed E-state index contributed by atoms with van der Waals surface area (Å²) in [6.07, 6.45) is 5.39. The molecular formula is C16H21N3O. The van der Waals surface area contributed by atoms with Crippen LogP contribution >= 0.6 is 0 Å². The van der Waals surface area contributed by atoms with Crippen LogP contribution in [-0.2, 0) is 0 Å². The Kier molecular flexibility index (Phi) is 4.02. The van der Waals surface area contributed by atoms with Gasteiger partial charge in [-0.2, -0.15) is 0 Å². The molecular weight excluding hydrogens is 250 g/mol. The van der Waals surface area contributed by atoms with Gasteiger partial charge in [0, 0.05) is 11.6 Å². The quantitative estimate of drug-likeness (QED) is 0.877. The third kappa shape index (κ3) is 2.85. The first-order valence-electron chi connectivity index (χ1n) is 7.38. The van der Waals surface area contributed by atoms with Crippen molar-refractivity contribution < 1.29 is 4.74 Å². The van der Waals surface area contributed by atoms with Crippen LogP contribution in [0.5, 0.6) is 5.75 Å². The van der Waals surface area contributed by atoms with Crippen molar-refractivity contribution in [2.45, 2.75) is 32.2 Å². The summed E-state index contributed by atoms with van der Waals surface area (Å²) in [5.74, 6) is 1.84. The lowest BCUT2D eigenvalue weighted by molar-refractivity contribution is 0.317. The zero-order valence-electron chi connectivity index (χ0n) is 11.9. The number of aromatic nitrogens is 2. The molecule has 1 aromatic carbocycles. The van der Waals surface area contributed by atoms with Crippen molar-refractivity contribution in [2.24, 2.45) is 0 Å². The molecule has 1 saturated heterocycles. The summed E-state index contributed by atoms with van der Waals surface area (Å²) >= 11 is 0. The van der Waals surface area contributed by atoms with Gasteiger partial charge in [-0.05, 0) is 50.1 Å². The second-order valence-corrected chi connectivity index (χ2v) is 5.21. The molecule has 106 valence electrons. The Bertz CT molecular complexity index is 541. The molecule has 2 aromatic rings. The predicted molar refractivity (Wildman–Crippen MR) is 79.8 cm³/mol. The third-order valence-electron chi connectivity index (χ3n) is 3.63. The molecule has 1 aliphatic heterocycles. The van der Waals surface area contributed by atoms with Crippen molar-refractivity contribution in [3.8, 4) is 17.1 Å². The van der Waals surface area contributed by atoms with E-state index >= 15 is 0 Å². The fourth-order valence-corrected chi connectivity index (χ4v) is 2.54. The lowest BCUT2D eigenvalue weighted by atomic mass is 10.2. The number of rotatable bonds is 5. The van der Waals surface area contributed by atoms with Gasteiger partial charge in [-0.3, -0.25) is 0 Å². The van der Waals surface area contributed by atoms with Crippen LogP contribution in [0.3, 0.4) is 0 Å². The van der Waals surface area contributed by atoms with Crippen molar-refractivity contribution in [2.75, 3.05) is 13.2 Å². The maximum absolute atomic E-state index is 5.59. The smallest absolute Gasteiger partial charge is 0.137 e. The Hall–Kier alpha value is -1.81. The van der Waals surface area contributed by atoms with Gasteiger partial charge >= 0.3 is 0 Å². The lowest BCUT2D eigenvalue weighted by Gasteiger charge is -2.06. The number of aromatic amines is 1. The monoisotopic (exact) mass is 271 g/mol. The Morgan fingerprint density at radius 1 is 1.30 bits per heavy atom. The molecule has 0 radical (unpaired) electrons. The molecule has 4 nitrogen and oxygen atoms in total. The summed E-state index contributed by atoms with van der Waals surface area (Å²) in [7, 11) is 0.